The summed E-state index contributed by atoms with van der Waals surface area (Å²) < 4.78 is 18.9. The molecule has 0 saturated carbocycles. The number of methoxy groups -OCH3 is 1. The highest BCUT2D eigenvalue weighted by Crippen LogP contribution is 2.32. The number of rotatable bonds is 14. The van der Waals surface area contributed by atoms with Gasteiger partial charge in [0.1, 0.15) is 5.75 Å². The molecule has 0 unspecified atom stereocenters. The Bertz CT molecular complexity index is 1020. The monoisotopic (exact) mass is 485 g/mol. The molecule has 0 amide bonds. The molecule has 182 valence electrons. The molecule has 0 aliphatic heterocycles. The molecule has 0 aliphatic rings. The first-order valence-electron chi connectivity index (χ1n) is 11.2. The largest absolute Gasteiger partial charge is 0.439 e. The maximum Gasteiger partial charge on any atom is 0.227 e. The van der Waals surface area contributed by atoms with Crippen molar-refractivity contribution in [1.82, 2.24) is 14.7 Å². The van der Waals surface area contributed by atoms with Crippen LogP contribution in [0.3, 0.4) is 0 Å². The number of para-hydroxylation sites is 1. The fraction of sp³-hybridized carbons (Fsp3) is 0.346. The van der Waals surface area contributed by atoms with Crippen molar-refractivity contribution in [1.29, 1.82) is 0 Å². The van der Waals surface area contributed by atoms with Crippen molar-refractivity contribution in [2.24, 2.45) is 0 Å². The molecule has 0 radical (unpaired) electrons. The molecule has 1 atom stereocenters. The molecule has 1 aromatic heterocycles. The number of benzene rings is 2. The summed E-state index contributed by atoms with van der Waals surface area (Å²) >= 11 is 6.06. The van der Waals surface area contributed by atoms with Gasteiger partial charge >= 0.3 is 0 Å². The van der Waals surface area contributed by atoms with Crippen LogP contribution in [0.25, 0.3) is 5.69 Å². The molecule has 0 saturated heterocycles. The van der Waals surface area contributed by atoms with Crippen LogP contribution in [-0.4, -0.2) is 65.9 Å². The fourth-order valence-corrected chi connectivity index (χ4v) is 3.63. The van der Waals surface area contributed by atoms with Gasteiger partial charge in [-0.2, -0.15) is 5.10 Å². The Labute approximate surface area is 206 Å². The van der Waals surface area contributed by atoms with Crippen molar-refractivity contribution in [2.75, 3.05) is 40.0 Å². The Hall–Kier alpha value is -2.68. The van der Waals surface area contributed by atoms with Gasteiger partial charge in [0, 0.05) is 31.8 Å². The molecule has 1 N–H and O–H groups in total. The van der Waals surface area contributed by atoms with Gasteiger partial charge in [-0.05, 0) is 43.3 Å². The predicted octanol–water partition coefficient (Wildman–Crippen LogP) is 4.64. The summed E-state index contributed by atoms with van der Waals surface area (Å²) in [7, 11) is 1.66. The lowest BCUT2D eigenvalue weighted by Crippen LogP contribution is -2.36. The minimum absolute atomic E-state index is 0.228. The highest BCUT2D eigenvalue weighted by molar-refractivity contribution is 6.30. The van der Waals surface area contributed by atoms with Crippen molar-refractivity contribution in [3.05, 3.63) is 83.5 Å². The summed E-state index contributed by atoms with van der Waals surface area (Å²) in [6, 6.07) is 17.1. The summed E-state index contributed by atoms with van der Waals surface area (Å²) in [5.41, 5.74) is 2.66. The molecule has 0 aliphatic carbocycles. The molecular weight excluding hydrogens is 454 g/mol. The van der Waals surface area contributed by atoms with Crippen LogP contribution in [0.1, 0.15) is 11.3 Å². The Morgan fingerprint density at radius 3 is 2.59 bits per heavy atom. The Morgan fingerprint density at radius 1 is 1.18 bits per heavy atom. The van der Waals surface area contributed by atoms with Crippen LogP contribution in [0.4, 0.5) is 0 Å². The van der Waals surface area contributed by atoms with Gasteiger partial charge in [-0.1, -0.05) is 35.9 Å². The first-order chi connectivity index (χ1) is 16.5. The van der Waals surface area contributed by atoms with E-state index in [2.05, 4.69) is 11.5 Å². The van der Waals surface area contributed by atoms with Gasteiger partial charge in [0.2, 0.25) is 5.88 Å². The molecule has 0 fully saturated rings. The van der Waals surface area contributed by atoms with Crippen LogP contribution in [0, 0.1) is 6.92 Å². The van der Waals surface area contributed by atoms with Crippen molar-refractivity contribution in [3.63, 3.8) is 0 Å². The fourth-order valence-electron chi connectivity index (χ4n) is 3.50. The number of aliphatic hydroxyl groups excluding tert-OH is 1. The van der Waals surface area contributed by atoms with E-state index in [0.717, 1.165) is 16.9 Å². The van der Waals surface area contributed by atoms with Gasteiger partial charge in [-0.15, -0.1) is 6.58 Å². The Kier molecular flexibility index (Phi) is 10.1. The SMILES string of the molecule is C=CCOC[C@H](O)CN(CCOC)Cc1c(C)nn(-c2ccccc2)c1Oc1ccc(Cl)cc1. The van der Waals surface area contributed by atoms with E-state index < -0.39 is 6.10 Å². The quantitative estimate of drug-likeness (QED) is 0.265. The highest BCUT2D eigenvalue weighted by Gasteiger charge is 2.22. The van der Waals surface area contributed by atoms with Crippen molar-refractivity contribution in [3.8, 4) is 17.3 Å². The summed E-state index contributed by atoms with van der Waals surface area (Å²) in [6.07, 6.45) is 1.01. The number of nitrogens with zero attached hydrogens (tertiary/aromatic N) is 3. The van der Waals surface area contributed by atoms with E-state index in [1.54, 1.807) is 30.0 Å². The summed E-state index contributed by atoms with van der Waals surface area (Å²) in [5.74, 6) is 1.27. The third kappa shape index (κ3) is 7.41. The number of hydrogen-bond acceptors (Lipinski definition) is 6. The Balaban J connectivity index is 1.91. The summed E-state index contributed by atoms with van der Waals surface area (Å²) in [5, 5.41) is 15.9. The van der Waals surface area contributed by atoms with E-state index in [-0.39, 0.29) is 6.61 Å². The number of aliphatic hydroxyl groups is 1. The molecule has 8 heteroatoms. The van der Waals surface area contributed by atoms with Crippen molar-refractivity contribution < 1.29 is 19.3 Å². The topological polar surface area (TPSA) is 69.0 Å². The van der Waals surface area contributed by atoms with E-state index in [0.29, 0.717) is 49.5 Å². The van der Waals surface area contributed by atoms with Gasteiger partial charge in [0.15, 0.2) is 0 Å². The average Bonchev–Trinajstić information content (AvgIpc) is 3.14. The molecule has 0 spiro atoms. The smallest absolute Gasteiger partial charge is 0.227 e. The van der Waals surface area contributed by atoms with Crippen molar-refractivity contribution >= 4 is 11.6 Å². The van der Waals surface area contributed by atoms with Crippen LogP contribution in [0.2, 0.25) is 5.02 Å². The van der Waals surface area contributed by atoms with Gasteiger partial charge < -0.3 is 19.3 Å². The van der Waals surface area contributed by atoms with E-state index >= 15 is 0 Å². The number of halogens is 1. The lowest BCUT2D eigenvalue weighted by molar-refractivity contribution is 0.0192. The summed E-state index contributed by atoms with van der Waals surface area (Å²) in [6.45, 7) is 8.31. The molecule has 2 aromatic carbocycles. The van der Waals surface area contributed by atoms with Gasteiger partial charge in [0.25, 0.3) is 0 Å². The molecule has 7 nitrogen and oxygen atoms in total. The first kappa shape index (κ1) is 25.9. The van der Waals surface area contributed by atoms with E-state index in [1.807, 2.05) is 49.4 Å². The first-order valence-corrected chi connectivity index (χ1v) is 11.5. The van der Waals surface area contributed by atoms with E-state index in [1.165, 1.54) is 0 Å². The van der Waals surface area contributed by atoms with Crippen LogP contribution >= 0.6 is 11.6 Å². The predicted molar refractivity (Wildman–Crippen MR) is 134 cm³/mol. The van der Waals surface area contributed by atoms with Crippen LogP contribution in [0.5, 0.6) is 11.6 Å². The van der Waals surface area contributed by atoms with Gasteiger partial charge in [-0.3, -0.25) is 4.90 Å². The van der Waals surface area contributed by atoms with Crippen LogP contribution < -0.4 is 4.74 Å². The average molecular weight is 486 g/mol. The molecular formula is C26H32ClN3O4. The third-order valence-corrected chi connectivity index (χ3v) is 5.43. The van der Waals surface area contributed by atoms with Crippen molar-refractivity contribution in [2.45, 2.75) is 19.6 Å². The van der Waals surface area contributed by atoms with Crippen LogP contribution in [-0.2, 0) is 16.0 Å². The third-order valence-electron chi connectivity index (χ3n) is 5.17. The number of ether oxygens (including phenoxy) is 3. The molecule has 34 heavy (non-hydrogen) atoms. The minimum Gasteiger partial charge on any atom is -0.439 e. The second-order valence-electron chi connectivity index (χ2n) is 7.88. The van der Waals surface area contributed by atoms with Crippen LogP contribution in [0.15, 0.2) is 67.3 Å². The zero-order chi connectivity index (χ0) is 24.3. The lowest BCUT2D eigenvalue weighted by atomic mass is 10.2. The van der Waals surface area contributed by atoms with E-state index in [9.17, 15) is 5.11 Å². The lowest BCUT2D eigenvalue weighted by Gasteiger charge is -2.25. The maximum absolute atomic E-state index is 10.5. The van der Waals surface area contributed by atoms with E-state index in [4.69, 9.17) is 30.9 Å². The second-order valence-corrected chi connectivity index (χ2v) is 8.32. The highest BCUT2D eigenvalue weighted by atomic mass is 35.5. The minimum atomic E-state index is -0.651. The maximum atomic E-state index is 10.5. The molecule has 0 bridgehead atoms. The van der Waals surface area contributed by atoms with Gasteiger partial charge in [-0.25, -0.2) is 4.68 Å². The zero-order valence-electron chi connectivity index (χ0n) is 19.7. The molecule has 3 aromatic rings. The Morgan fingerprint density at radius 2 is 1.91 bits per heavy atom. The number of hydrogen-bond donors (Lipinski definition) is 1. The van der Waals surface area contributed by atoms with Gasteiger partial charge in [0.05, 0.1) is 42.9 Å². The molecule has 1 heterocycles. The standard InChI is InChI=1S/C26H32ClN3O4/c1-4-15-33-19-23(31)17-29(14-16-32-3)18-25-20(2)28-30(22-8-6-5-7-9-22)26(25)34-24-12-10-21(27)11-13-24/h4-13,23,31H,1,14-19H2,2-3H3/t23-/m1/s1. The number of aromatic nitrogens is 2. The number of aryl methyl sites for hydroxylation is 1. The summed E-state index contributed by atoms with van der Waals surface area (Å²) in [4.78, 5) is 2.11. The zero-order valence-corrected chi connectivity index (χ0v) is 20.4. The normalized spacial score (nSPS) is 12.1. The molecule has 3 rings (SSSR count). The second kappa shape index (κ2) is 13.3.